The van der Waals surface area contributed by atoms with Gasteiger partial charge in [-0.15, -0.1) is 0 Å². The molecule has 1 fully saturated rings. The Kier molecular flexibility index (Phi) is 7.32. The van der Waals surface area contributed by atoms with Crippen LogP contribution in [0.4, 0.5) is 0 Å². The normalized spacial score (nSPS) is 18.6. The van der Waals surface area contributed by atoms with Crippen LogP contribution in [0.1, 0.15) is 52.4 Å². The van der Waals surface area contributed by atoms with Gasteiger partial charge in [0, 0.05) is 12.6 Å². The van der Waals surface area contributed by atoms with E-state index < -0.39 is 19.0 Å². The number of benzene rings is 2. The number of hydrogen-bond donors (Lipinski definition) is 5. The molecule has 174 valence electrons. The predicted octanol–water partition coefficient (Wildman–Crippen LogP) is 1.46. The van der Waals surface area contributed by atoms with E-state index in [2.05, 4.69) is 10.6 Å². The zero-order chi connectivity index (χ0) is 23.4. The lowest BCUT2D eigenvalue weighted by Gasteiger charge is -2.28. The number of fused-ring (bicyclic) bond motifs is 1. The number of aromatic carboxylic acids is 1. The molecule has 0 saturated heterocycles. The summed E-state index contributed by atoms with van der Waals surface area (Å²) in [6.07, 6.45) is 4.38. The highest BCUT2D eigenvalue weighted by molar-refractivity contribution is 6.47. The van der Waals surface area contributed by atoms with Crippen molar-refractivity contribution in [3.8, 4) is 5.75 Å². The van der Waals surface area contributed by atoms with Crippen LogP contribution < -0.4 is 21.0 Å². The van der Waals surface area contributed by atoms with Gasteiger partial charge in [-0.05, 0) is 54.5 Å². The molecule has 1 aliphatic heterocycles. The minimum absolute atomic E-state index is 0.00661. The van der Waals surface area contributed by atoms with Crippen LogP contribution in [0, 0.1) is 5.92 Å². The number of amides is 1. The standard InChI is InChI=1S/C24H30BN3O5/c26-20(14-27-13-16-3-1-4-16)17-9-7-15(8-10-17)11-22(29)28-21-12-18-5-2-6-19(24(30)31)23(18)33-25(21)32/h2,5-10,16,20-21,27,32H,1,3-4,11-14,26H2,(H,28,29)(H,30,31)/t20?,21-/m0/s1. The van der Waals surface area contributed by atoms with Crippen LogP contribution >= 0.6 is 0 Å². The number of hydrogen-bond acceptors (Lipinski definition) is 6. The van der Waals surface area contributed by atoms with Crippen LogP contribution in [0.3, 0.4) is 0 Å². The topological polar surface area (TPSA) is 134 Å². The second-order valence-corrected chi connectivity index (χ2v) is 8.97. The van der Waals surface area contributed by atoms with Gasteiger partial charge in [-0.3, -0.25) is 4.79 Å². The molecule has 0 spiro atoms. The molecule has 0 bridgehead atoms. The zero-order valence-corrected chi connectivity index (χ0v) is 18.5. The van der Waals surface area contributed by atoms with Gasteiger partial charge in [0.25, 0.3) is 0 Å². The van der Waals surface area contributed by atoms with Crippen LogP contribution in [0.5, 0.6) is 5.75 Å². The number of nitrogens with one attached hydrogen (secondary N) is 2. The van der Waals surface area contributed by atoms with E-state index in [0.29, 0.717) is 5.56 Å². The second kappa shape index (κ2) is 10.4. The summed E-state index contributed by atoms with van der Waals surface area (Å²) in [6.45, 7) is 1.74. The Labute approximate surface area is 193 Å². The van der Waals surface area contributed by atoms with Crippen molar-refractivity contribution in [3.63, 3.8) is 0 Å². The number of carboxylic acids is 1. The molecule has 1 heterocycles. The first-order valence-corrected chi connectivity index (χ1v) is 11.4. The van der Waals surface area contributed by atoms with Gasteiger partial charge in [0.05, 0.1) is 17.9 Å². The van der Waals surface area contributed by atoms with Crippen molar-refractivity contribution in [2.24, 2.45) is 11.7 Å². The van der Waals surface area contributed by atoms with Crippen molar-refractivity contribution in [2.75, 3.05) is 13.1 Å². The fourth-order valence-corrected chi connectivity index (χ4v) is 4.30. The summed E-state index contributed by atoms with van der Waals surface area (Å²) in [4.78, 5) is 23.9. The Hall–Kier alpha value is -2.88. The van der Waals surface area contributed by atoms with Gasteiger partial charge in [-0.2, -0.15) is 0 Å². The van der Waals surface area contributed by atoms with E-state index in [0.717, 1.165) is 30.1 Å². The monoisotopic (exact) mass is 451 g/mol. The van der Waals surface area contributed by atoms with Crippen molar-refractivity contribution in [3.05, 3.63) is 64.7 Å². The molecule has 0 aromatic heterocycles. The molecular weight excluding hydrogens is 421 g/mol. The van der Waals surface area contributed by atoms with Crippen molar-refractivity contribution < 1.29 is 24.4 Å². The van der Waals surface area contributed by atoms with Crippen LogP contribution in [-0.4, -0.2) is 48.2 Å². The third-order valence-electron chi connectivity index (χ3n) is 6.49. The summed E-state index contributed by atoms with van der Waals surface area (Å²) in [6, 6.07) is 12.4. The number of para-hydroxylation sites is 1. The molecule has 2 atom stereocenters. The van der Waals surface area contributed by atoms with Gasteiger partial charge in [0.15, 0.2) is 0 Å². The number of carbonyl (C=O) groups excluding carboxylic acids is 1. The highest BCUT2D eigenvalue weighted by Gasteiger charge is 2.37. The Bertz CT molecular complexity index is 996. The quantitative estimate of drug-likeness (QED) is 0.365. The van der Waals surface area contributed by atoms with Gasteiger partial charge in [-0.1, -0.05) is 42.8 Å². The van der Waals surface area contributed by atoms with Crippen LogP contribution in [0.15, 0.2) is 42.5 Å². The van der Waals surface area contributed by atoms with Crippen molar-refractivity contribution in [1.82, 2.24) is 10.6 Å². The fourth-order valence-electron chi connectivity index (χ4n) is 4.30. The first-order chi connectivity index (χ1) is 15.9. The summed E-state index contributed by atoms with van der Waals surface area (Å²) in [7, 11) is -1.32. The number of carbonyl (C=O) groups is 2. The van der Waals surface area contributed by atoms with E-state index in [-0.39, 0.29) is 36.1 Å². The molecule has 1 unspecified atom stereocenters. The largest absolute Gasteiger partial charge is 0.547 e. The highest BCUT2D eigenvalue weighted by atomic mass is 16.5. The lowest BCUT2D eigenvalue weighted by Crippen LogP contribution is -2.53. The third-order valence-corrected chi connectivity index (χ3v) is 6.49. The smallest absolute Gasteiger partial charge is 0.534 e. The van der Waals surface area contributed by atoms with Gasteiger partial charge in [0.2, 0.25) is 5.91 Å². The summed E-state index contributed by atoms with van der Waals surface area (Å²) in [5, 5.41) is 25.8. The van der Waals surface area contributed by atoms with E-state index in [1.807, 2.05) is 24.3 Å². The molecule has 1 saturated carbocycles. The van der Waals surface area contributed by atoms with Crippen LogP contribution in [-0.2, 0) is 17.6 Å². The molecule has 6 N–H and O–H groups in total. The molecule has 2 aromatic carbocycles. The van der Waals surface area contributed by atoms with E-state index in [1.54, 1.807) is 12.1 Å². The molecule has 4 rings (SSSR count). The summed E-state index contributed by atoms with van der Waals surface area (Å²) in [5.41, 5.74) is 8.76. The SMILES string of the molecule is NC(CNCC1CCC1)c1ccc(CC(=O)N[C@H]2Cc3cccc(C(=O)O)c3OB2O)cc1. The Morgan fingerprint density at radius 3 is 2.61 bits per heavy atom. The molecule has 1 aliphatic carbocycles. The molecule has 2 aliphatic rings. The minimum atomic E-state index is -1.32. The molecule has 2 aromatic rings. The summed E-state index contributed by atoms with van der Waals surface area (Å²) < 4.78 is 5.43. The predicted molar refractivity (Wildman–Crippen MR) is 125 cm³/mol. The maximum atomic E-state index is 12.6. The second-order valence-electron chi connectivity index (χ2n) is 8.97. The van der Waals surface area contributed by atoms with Crippen molar-refractivity contribution >= 4 is 19.0 Å². The lowest BCUT2D eigenvalue weighted by molar-refractivity contribution is -0.120. The molecule has 9 heteroatoms. The van der Waals surface area contributed by atoms with Gasteiger partial charge in [0.1, 0.15) is 5.75 Å². The van der Waals surface area contributed by atoms with Gasteiger partial charge >= 0.3 is 13.1 Å². The van der Waals surface area contributed by atoms with Crippen molar-refractivity contribution in [2.45, 2.75) is 44.1 Å². The molecule has 0 radical (unpaired) electrons. The molecule has 33 heavy (non-hydrogen) atoms. The maximum absolute atomic E-state index is 12.6. The number of nitrogens with two attached hydrogens (primary N) is 1. The fraction of sp³-hybridized carbons (Fsp3) is 0.417. The number of carboxylic acid groups (broad SMARTS) is 1. The average molecular weight is 451 g/mol. The summed E-state index contributed by atoms with van der Waals surface area (Å²) >= 11 is 0. The summed E-state index contributed by atoms with van der Waals surface area (Å²) in [5.74, 6) is -1.10. The number of rotatable bonds is 9. The average Bonchev–Trinajstić information content (AvgIpc) is 2.75. The maximum Gasteiger partial charge on any atom is 0.547 e. The zero-order valence-electron chi connectivity index (χ0n) is 18.5. The Balaban J connectivity index is 1.28. The Morgan fingerprint density at radius 1 is 1.18 bits per heavy atom. The molecular formula is C24H30BN3O5. The van der Waals surface area contributed by atoms with Gasteiger partial charge < -0.3 is 31.2 Å². The van der Waals surface area contributed by atoms with E-state index in [1.165, 1.54) is 25.3 Å². The van der Waals surface area contributed by atoms with E-state index >= 15 is 0 Å². The van der Waals surface area contributed by atoms with Gasteiger partial charge in [-0.25, -0.2) is 4.79 Å². The molecule has 1 amide bonds. The molecule has 8 nitrogen and oxygen atoms in total. The van der Waals surface area contributed by atoms with Crippen LogP contribution in [0.25, 0.3) is 0 Å². The van der Waals surface area contributed by atoms with Crippen LogP contribution in [0.2, 0.25) is 0 Å². The lowest BCUT2D eigenvalue weighted by atomic mass is 9.72. The third kappa shape index (κ3) is 5.74. The van der Waals surface area contributed by atoms with E-state index in [9.17, 15) is 19.7 Å². The first-order valence-electron chi connectivity index (χ1n) is 11.4. The highest BCUT2D eigenvalue weighted by Crippen LogP contribution is 2.30. The Morgan fingerprint density at radius 2 is 1.94 bits per heavy atom. The van der Waals surface area contributed by atoms with Crippen molar-refractivity contribution in [1.29, 1.82) is 0 Å². The minimum Gasteiger partial charge on any atom is -0.534 e. The first kappa shape index (κ1) is 23.3. The van der Waals surface area contributed by atoms with E-state index in [4.69, 9.17) is 10.4 Å².